The van der Waals surface area contributed by atoms with Crippen molar-refractivity contribution in [3.8, 4) is 22.6 Å². The van der Waals surface area contributed by atoms with Gasteiger partial charge in [0.15, 0.2) is 0 Å². The first kappa shape index (κ1) is 26.8. The zero-order valence-electron chi connectivity index (χ0n) is 20.4. The van der Waals surface area contributed by atoms with Crippen LogP contribution in [-0.2, 0) is 9.53 Å². The number of hydrogen-bond donors (Lipinski definition) is 1. The Bertz CT molecular complexity index is 1160. The highest BCUT2D eigenvalue weighted by Gasteiger charge is 2.23. The number of nitrogens with one attached hydrogen (secondary N) is 1. The number of methoxy groups -OCH3 is 1. The molecule has 0 bridgehead atoms. The zero-order valence-corrected chi connectivity index (χ0v) is 22.8. The Morgan fingerprint density at radius 1 is 1.11 bits per heavy atom. The average Bonchev–Trinajstić information content (AvgIpc) is 3.26. The third-order valence-corrected chi connectivity index (χ3v) is 6.87. The molecular formula is C27H30BrNO5S. The van der Waals surface area contributed by atoms with Crippen LogP contribution in [-0.4, -0.2) is 32.2 Å². The van der Waals surface area contributed by atoms with Gasteiger partial charge in [-0.15, -0.1) is 11.3 Å². The fourth-order valence-electron chi connectivity index (χ4n) is 3.44. The molecule has 0 saturated carbocycles. The molecule has 1 heterocycles. The zero-order chi connectivity index (χ0) is 25.4. The van der Waals surface area contributed by atoms with Gasteiger partial charge >= 0.3 is 5.97 Å². The monoisotopic (exact) mass is 559 g/mol. The smallest absolute Gasteiger partial charge is 0.341 e. The van der Waals surface area contributed by atoms with E-state index in [1.165, 1.54) is 16.9 Å². The SMILES string of the molecule is CCOC(=O)c1c(-c2ccc(OC)cc2)csc1NC(=O)CCCOc1ccc(C(C)C)cc1Br. The average molecular weight is 561 g/mol. The van der Waals surface area contributed by atoms with Crippen molar-refractivity contribution in [2.45, 2.75) is 39.5 Å². The first-order valence-electron chi connectivity index (χ1n) is 11.5. The minimum absolute atomic E-state index is 0.184. The highest BCUT2D eigenvalue weighted by molar-refractivity contribution is 9.10. The minimum atomic E-state index is -0.465. The Morgan fingerprint density at radius 3 is 2.49 bits per heavy atom. The first-order valence-corrected chi connectivity index (χ1v) is 13.2. The first-order chi connectivity index (χ1) is 16.8. The van der Waals surface area contributed by atoms with Gasteiger partial charge in [0, 0.05) is 17.4 Å². The van der Waals surface area contributed by atoms with E-state index in [4.69, 9.17) is 14.2 Å². The largest absolute Gasteiger partial charge is 0.497 e. The summed E-state index contributed by atoms with van der Waals surface area (Å²) >= 11 is 4.85. The molecule has 0 aliphatic carbocycles. The van der Waals surface area contributed by atoms with Gasteiger partial charge in [-0.05, 0) is 70.6 Å². The summed E-state index contributed by atoms with van der Waals surface area (Å²) in [5.74, 6) is 1.26. The molecule has 1 amide bonds. The van der Waals surface area contributed by atoms with Gasteiger partial charge < -0.3 is 19.5 Å². The summed E-state index contributed by atoms with van der Waals surface area (Å²) in [7, 11) is 1.60. The lowest BCUT2D eigenvalue weighted by Crippen LogP contribution is -2.15. The molecule has 0 fully saturated rings. The molecule has 0 aliphatic heterocycles. The number of anilines is 1. The van der Waals surface area contributed by atoms with Crippen LogP contribution in [0.25, 0.3) is 11.1 Å². The number of hydrogen-bond acceptors (Lipinski definition) is 6. The molecule has 6 nitrogen and oxygen atoms in total. The lowest BCUT2D eigenvalue weighted by Gasteiger charge is -2.12. The minimum Gasteiger partial charge on any atom is -0.497 e. The molecule has 2 aromatic carbocycles. The number of carbonyl (C=O) groups is 2. The van der Waals surface area contributed by atoms with E-state index >= 15 is 0 Å². The summed E-state index contributed by atoms with van der Waals surface area (Å²) in [5, 5.41) is 5.21. The lowest BCUT2D eigenvalue weighted by molar-refractivity contribution is -0.116. The van der Waals surface area contributed by atoms with Crippen molar-refractivity contribution in [1.29, 1.82) is 0 Å². The van der Waals surface area contributed by atoms with Crippen molar-refractivity contribution in [3.05, 3.63) is 63.4 Å². The number of halogens is 1. The molecule has 35 heavy (non-hydrogen) atoms. The molecular weight excluding hydrogens is 530 g/mol. The van der Waals surface area contributed by atoms with Gasteiger partial charge in [0.25, 0.3) is 0 Å². The summed E-state index contributed by atoms with van der Waals surface area (Å²) in [6.45, 7) is 6.68. The van der Waals surface area contributed by atoms with Gasteiger partial charge in [0.2, 0.25) is 5.91 Å². The second-order valence-corrected chi connectivity index (χ2v) is 9.88. The predicted molar refractivity (Wildman–Crippen MR) is 144 cm³/mol. The fraction of sp³-hybridized carbons (Fsp3) is 0.333. The van der Waals surface area contributed by atoms with Crippen LogP contribution in [0.15, 0.2) is 52.3 Å². The summed E-state index contributed by atoms with van der Waals surface area (Å²) in [6, 6.07) is 13.4. The van der Waals surface area contributed by atoms with Crippen LogP contribution in [0.3, 0.4) is 0 Å². The molecule has 0 radical (unpaired) electrons. The summed E-state index contributed by atoms with van der Waals surface area (Å²) < 4.78 is 17.2. The Balaban J connectivity index is 1.63. The summed E-state index contributed by atoms with van der Waals surface area (Å²) in [4.78, 5) is 25.4. The molecule has 0 spiro atoms. The summed E-state index contributed by atoms with van der Waals surface area (Å²) in [6.07, 6.45) is 0.801. The Kier molecular flexibility index (Phi) is 9.74. The predicted octanol–water partition coefficient (Wildman–Crippen LogP) is 7.28. The van der Waals surface area contributed by atoms with E-state index in [0.29, 0.717) is 35.1 Å². The van der Waals surface area contributed by atoms with E-state index in [-0.39, 0.29) is 18.9 Å². The summed E-state index contributed by atoms with van der Waals surface area (Å²) in [5.41, 5.74) is 3.14. The molecule has 3 rings (SSSR count). The lowest BCUT2D eigenvalue weighted by atomic mass is 10.0. The number of amides is 1. The number of ether oxygens (including phenoxy) is 3. The molecule has 186 valence electrons. The van der Waals surface area contributed by atoms with Crippen molar-refractivity contribution in [2.75, 3.05) is 25.6 Å². The topological polar surface area (TPSA) is 73.9 Å². The van der Waals surface area contributed by atoms with Crippen molar-refractivity contribution in [3.63, 3.8) is 0 Å². The highest BCUT2D eigenvalue weighted by atomic mass is 79.9. The number of benzene rings is 2. The van der Waals surface area contributed by atoms with Gasteiger partial charge in [-0.3, -0.25) is 4.79 Å². The van der Waals surface area contributed by atoms with Gasteiger partial charge in [-0.25, -0.2) is 4.79 Å². The van der Waals surface area contributed by atoms with Crippen molar-refractivity contribution >= 4 is 44.1 Å². The molecule has 0 aliphatic rings. The standard InChI is InChI=1S/C27H30BrNO5S/c1-5-33-27(31)25-21(18-8-11-20(32-4)12-9-18)16-35-26(25)29-24(30)7-6-14-34-23-13-10-19(17(2)3)15-22(23)28/h8-13,15-17H,5-7,14H2,1-4H3,(H,29,30). The number of esters is 1. The number of rotatable bonds is 11. The van der Waals surface area contributed by atoms with Crippen LogP contribution in [0.2, 0.25) is 0 Å². The van der Waals surface area contributed by atoms with Crippen molar-refractivity contribution < 1.29 is 23.8 Å². The molecule has 1 aromatic heterocycles. The number of carbonyl (C=O) groups excluding carboxylic acids is 2. The van der Waals surface area contributed by atoms with Crippen LogP contribution in [0.1, 0.15) is 55.5 Å². The quantitative estimate of drug-likeness (QED) is 0.197. The maximum Gasteiger partial charge on any atom is 0.341 e. The van der Waals surface area contributed by atoms with Gasteiger partial charge in [0.05, 0.1) is 24.8 Å². The molecule has 0 unspecified atom stereocenters. The van der Waals surface area contributed by atoms with Gasteiger partial charge in [-0.2, -0.15) is 0 Å². The second-order valence-electron chi connectivity index (χ2n) is 8.15. The van der Waals surface area contributed by atoms with E-state index in [0.717, 1.165) is 21.5 Å². The van der Waals surface area contributed by atoms with Crippen LogP contribution < -0.4 is 14.8 Å². The van der Waals surface area contributed by atoms with Crippen molar-refractivity contribution in [1.82, 2.24) is 0 Å². The van der Waals surface area contributed by atoms with E-state index in [2.05, 4.69) is 41.2 Å². The molecule has 0 atom stereocenters. The Labute approximate surface area is 218 Å². The third-order valence-electron chi connectivity index (χ3n) is 5.35. The number of thiophene rings is 1. The normalized spacial score (nSPS) is 10.8. The van der Waals surface area contributed by atoms with E-state index < -0.39 is 5.97 Å². The van der Waals surface area contributed by atoms with Crippen LogP contribution in [0, 0.1) is 0 Å². The third kappa shape index (κ3) is 7.08. The molecule has 3 aromatic rings. The molecule has 8 heteroatoms. The van der Waals surface area contributed by atoms with Crippen LogP contribution >= 0.6 is 27.3 Å². The molecule has 0 saturated heterocycles. The van der Waals surface area contributed by atoms with Crippen molar-refractivity contribution in [2.24, 2.45) is 0 Å². The Hall–Kier alpha value is -2.84. The van der Waals surface area contributed by atoms with E-state index in [9.17, 15) is 9.59 Å². The second kappa shape index (κ2) is 12.7. The van der Waals surface area contributed by atoms with Crippen LogP contribution in [0.5, 0.6) is 11.5 Å². The maximum absolute atomic E-state index is 12.7. The maximum atomic E-state index is 12.7. The van der Waals surface area contributed by atoms with E-state index in [1.807, 2.05) is 41.8 Å². The van der Waals surface area contributed by atoms with Gasteiger partial charge in [0.1, 0.15) is 22.1 Å². The Morgan fingerprint density at radius 2 is 1.86 bits per heavy atom. The highest BCUT2D eigenvalue weighted by Crippen LogP contribution is 2.37. The molecule has 1 N–H and O–H groups in total. The fourth-order valence-corrected chi connectivity index (χ4v) is 4.92. The van der Waals surface area contributed by atoms with Gasteiger partial charge in [-0.1, -0.05) is 32.0 Å². The van der Waals surface area contributed by atoms with E-state index in [1.54, 1.807) is 14.0 Å². The van der Waals surface area contributed by atoms with Crippen LogP contribution in [0.4, 0.5) is 5.00 Å².